The number of carbonyl (C=O) groups excluding carboxylic acids is 1. The molecule has 0 spiro atoms. The average molecular weight is 275 g/mol. The predicted molar refractivity (Wildman–Crippen MR) is 77.4 cm³/mol. The largest absolute Gasteiger partial charge is 0.323 e. The molecule has 0 atom stereocenters. The van der Waals surface area contributed by atoms with E-state index < -0.39 is 0 Å². The zero-order valence-electron chi connectivity index (χ0n) is 10.7. The Hall–Kier alpha value is -1.87. The molecule has 0 aliphatic rings. The van der Waals surface area contributed by atoms with Crippen LogP contribution >= 0.6 is 11.6 Å². The number of anilines is 1. The second-order valence-electron chi connectivity index (χ2n) is 4.33. The molecule has 19 heavy (non-hydrogen) atoms. The first-order chi connectivity index (χ1) is 9.16. The molecule has 1 aromatic heterocycles. The molecule has 3 nitrogen and oxygen atoms in total. The Labute approximate surface area is 117 Å². The molecule has 0 aliphatic carbocycles. The Bertz CT molecular complexity index is 584. The van der Waals surface area contributed by atoms with Crippen molar-refractivity contribution in [2.24, 2.45) is 0 Å². The third kappa shape index (κ3) is 3.80. The van der Waals surface area contributed by atoms with Gasteiger partial charge in [0.2, 0.25) is 5.91 Å². The van der Waals surface area contributed by atoms with E-state index >= 15 is 0 Å². The van der Waals surface area contributed by atoms with E-state index in [9.17, 15) is 4.79 Å². The van der Waals surface area contributed by atoms with Crippen molar-refractivity contribution in [2.45, 2.75) is 19.8 Å². The number of halogens is 1. The molecule has 0 saturated carbocycles. The zero-order chi connectivity index (χ0) is 13.7. The highest BCUT2D eigenvalue weighted by Gasteiger charge is 2.06. The number of nitrogens with zero attached hydrogens (tertiary/aromatic N) is 1. The summed E-state index contributed by atoms with van der Waals surface area (Å²) in [6.45, 7) is 2.05. The number of hydrogen-bond acceptors (Lipinski definition) is 2. The fourth-order valence-corrected chi connectivity index (χ4v) is 1.97. The molecule has 2 aromatic rings. The summed E-state index contributed by atoms with van der Waals surface area (Å²) in [4.78, 5) is 15.8. The number of aromatic nitrogens is 1. The summed E-state index contributed by atoms with van der Waals surface area (Å²) in [5.41, 5.74) is 2.95. The van der Waals surface area contributed by atoms with Crippen LogP contribution in [0.3, 0.4) is 0 Å². The van der Waals surface area contributed by atoms with Gasteiger partial charge in [0.15, 0.2) is 0 Å². The van der Waals surface area contributed by atoms with Gasteiger partial charge in [0.1, 0.15) is 0 Å². The minimum Gasteiger partial charge on any atom is -0.323 e. The fourth-order valence-electron chi connectivity index (χ4n) is 1.82. The van der Waals surface area contributed by atoms with Crippen LogP contribution in [0.2, 0.25) is 5.02 Å². The molecule has 1 aromatic carbocycles. The van der Waals surface area contributed by atoms with Crippen LogP contribution in [0.15, 0.2) is 42.7 Å². The molecule has 1 amide bonds. The minimum absolute atomic E-state index is 0.0573. The molecule has 98 valence electrons. The SMILES string of the molecule is Cc1ccccc1CCC(=O)Nc1cnccc1Cl. The smallest absolute Gasteiger partial charge is 0.224 e. The lowest BCUT2D eigenvalue weighted by Crippen LogP contribution is -2.13. The van der Waals surface area contributed by atoms with E-state index in [1.807, 2.05) is 31.2 Å². The van der Waals surface area contributed by atoms with E-state index in [-0.39, 0.29) is 5.91 Å². The van der Waals surface area contributed by atoms with E-state index in [2.05, 4.69) is 10.3 Å². The monoisotopic (exact) mass is 274 g/mol. The van der Waals surface area contributed by atoms with Gasteiger partial charge in [0, 0.05) is 12.6 Å². The maximum Gasteiger partial charge on any atom is 0.224 e. The highest BCUT2D eigenvalue weighted by Crippen LogP contribution is 2.19. The predicted octanol–water partition coefficient (Wildman–Crippen LogP) is 3.61. The lowest BCUT2D eigenvalue weighted by molar-refractivity contribution is -0.116. The molecule has 0 aliphatic heterocycles. The molecule has 0 bridgehead atoms. The summed E-state index contributed by atoms with van der Waals surface area (Å²) < 4.78 is 0. The summed E-state index contributed by atoms with van der Waals surface area (Å²) in [6, 6.07) is 9.72. The molecule has 1 heterocycles. The van der Waals surface area contributed by atoms with Crippen molar-refractivity contribution >= 4 is 23.2 Å². The summed E-state index contributed by atoms with van der Waals surface area (Å²) in [5.74, 6) is -0.0573. The van der Waals surface area contributed by atoms with Crippen LogP contribution in [-0.2, 0) is 11.2 Å². The Morgan fingerprint density at radius 2 is 2.11 bits per heavy atom. The number of aryl methyl sites for hydroxylation is 2. The quantitative estimate of drug-likeness (QED) is 0.925. The van der Waals surface area contributed by atoms with E-state index in [0.29, 0.717) is 17.1 Å². The molecule has 0 saturated heterocycles. The highest BCUT2D eigenvalue weighted by molar-refractivity contribution is 6.33. The molecule has 0 unspecified atom stereocenters. The average Bonchev–Trinajstić information content (AvgIpc) is 2.40. The van der Waals surface area contributed by atoms with Gasteiger partial charge in [-0.3, -0.25) is 9.78 Å². The molecule has 2 rings (SSSR count). The maximum absolute atomic E-state index is 11.9. The minimum atomic E-state index is -0.0573. The van der Waals surface area contributed by atoms with E-state index in [4.69, 9.17) is 11.6 Å². The van der Waals surface area contributed by atoms with Crippen molar-refractivity contribution in [1.29, 1.82) is 0 Å². The third-order valence-corrected chi connectivity index (χ3v) is 3.25. The summed E-state index contributed by atoms with van der Waals surface area (Å²) in [7, 11) is 0. The van der Waals surface area contributed by atoms with Crippen LogP contribution in [-0.4, -0.2) is 10.9 Å². The van der Waals surface area contributed by atoms with Crippen molar-refractivity contribution in [3.63, 3.8) is 0 Å². The first-order valence-corrected chi connectivity index (χ1v) is 6.48. The van der Waals surface area contributed by atoms with Crippen LogP contribution in [0, 0.1) is 6.92 Å². The van der Waals surface area contributed by atoms with Gasteiger partial charge >= 0.3 is 0 Å². The van der Waals surface area contributed by atoms with Gasteiger partial charge in [0.05, 0.1) is 16.9 Å². The number of nitrogens with one attached hydrogen (secondary N) is 1. The summed E-state index contributed by atoms with van der Waals surface area (Å²) in [6.07, 6.45) is 4.28. The number of benzene rings is 1. The second-order valence-corrected chi connectivity index (χ2v) is 4.74. The Balaban J connectivity index is 1.92. The standard InChI is InChI=1S/C15H15ClN2O/c1-11-4-2-3-5-12(11)6-7-15(19)18-14-10-17-9-8-13(14)16/h2-5,8-10H,6-7H2,1H3,(H,18,19). The van der Waals surface area contributed by atoms with Gasteiger partial charge in [-0.1, -0.05) is 35.9 Å². The van der Waals surface area contributed by atoms with Crippen LogP contribution in [0.25, 0.3) is 0 Å². The first kappa shape index (κ1) is 13.6. The molecule has 0 radical (unpaired) electrons. The van der Waals surface area contributed by atoms with Crippen molar-refractivity contribution in [1.82, 2.24) is 4.98 Å². The normalized spacial score (nSPS) is 10.2. The zero-order valence-corrected chi connectivity index (χ0v) is 11.4. The second kappa shape index (κ2) is 6.34. The summed E-state index contributed by atoms with van der Waals surface area (Å²) in [5, 5.41) is 3.27. The van der Waals surface area contributed by atoms with Gasteiger partial charge in [0.25, 0.3) is 0 Å². The van der Waals surface area contributed by atoms with Crippen LogP contribution < -0.4 is 5.32 Å². The Kier molecular flexibility index (Phi) is 4.53. The van der Waals surface area contributed by atoms with Crippen LogP contribution in [0.4, 0.5) is 5.69 Å². The number of rotatable bonds is 4. The number of hydrogen-bond donors (Lipinski definition) is 1. The van der Waals surface area contributed by atoms with E-state index in [0.717, 1.165) is 6.42 Å². The number of pyridine rings is 1. The number of carbonyl (C=O) groups is 1. The van der Waals surface area contributed by atoms with Crippen molar-refractivity contribution in [3.05, 3.63) is 58.9 Å². The molecule has 1 N–H and O–H groups in total. The van der Waals surface area contributed by atoms with Gasteiger partial charge in [-0.15, -0.1) is 0 Å². The molecule has 0 fully saturated rings. The van der Waals surface area contributed by atoms with E-state index in [1.165, 1.54) is 11.1 Å². The maximum atomic E-state index is 11.9. The van der Waals surface area contributed by atoms with Crippen LogP contribution in [0.5, 0.6) is 0 Å². The van der Waals surface area contributed by atoms with Crippen molar-refractivity contribution < 1.29 is 4.79 Å². The lowest BCUT2D eigenvalue weighted by atomic mass is 10.0. The van der Waals surface area contributed by atoms with Crippen molar-refractivity contribution in [3.8, 4) is 0 Å². The first-order valence-electron chi connectivity index (χ1n) is 6.10. The summed E-state index contributed by atoms with van der Waals surface area (Å²) >= 11 is 5.96. The van der Waals surface area contributed by atoms with E-state index in [1.54, 1.807) is 18.5 Å². The molecular weight excluding hydrogens is 260 g/mol. The topological polar surface area (TPSA) is 42.0 Å². The lowest BCUT2D eigenvalue weighted by Gasteiger charge is -2.07. The Morgan fingerprint density at radius 1 is 1.32 bits per heavy atom. The Morgan fingerprint density at radius 3 is 2.84 bits per heavy atom. The van der Waals surface area contributed by atoms with Crippen molar-refractivity contribution in [2.75, 3.05) is 5.32 Å². The molecular formula is C15H15ClN2O. The van der Waals surface area contributed by atoms with Gasteiger partial charge in [-0.2, -0.15) is 0 Å². The third-order valence-electron chi connectivity index (χ3n) is 2.92. The molecule has 4 heteroatoms. The number of amides is 1. The fraction of sp³-hybridized carbons (Fsp3) is 0.200. The van der Waals surface area contributed by atoms with Crippen LogP contribution in [0.1, 0.15) is 17.5 Å². The van der Waals surface area contributed by atoms with Gasteiger partial charge < -0.3 is 5.32 Å². The highest BCUT2D eigenvalue weighted by atomic mass is 35.5. The van der Waals surface area contributed by atoms with Gasteiger partial charge in [-0.05, 0) is 30.5 Å². The van der Waals surface area contributed by atoms with Gasteiger partial charge in [-0.25, -0.2) is 0 Å².